The number of esters is 2. The van der Waals surface area contributed by atoms with Gasteiger partial charge < -0.3 is 9.47 Å². The number of ether oxygens (including phenoxy) is 2. The summed E-state index contributed by atoms with van der Waals surface area (Å²) < 4.78 is 10.1. The van der Waals surface area contributed by atoms with Crippen LogP contribution < -0.4 is 0 Å². The highest BCUT2D eigenvalue weighted by molar-refractivity contribution is 5.70. The maximum Gasteiger partial charge on any atom is 0.306 e. The van der Waals surface area contributed by atoms with Gasteiger partial charge in [-0.25, -0.2) is 0 Å². The van der Waals surface area contributed by atoms with Crippen molar-refractivity contribution in [3.63, 3.8) is 0 Å². The van der Waals surface area contributed by atoms with Crippen LogP contribution in [-0.4, -0.2) is 24.1 Å². The van der Waals surface area contributed by atoms with Gasteiger partial charge in [-0.15, -0.1) is 0 Å². The van der Waals surface area contributed by atoms with Gasteiger partial charge in [0.15, 0.2) is 0 Å². The van der Waals surface area contributed by atoms with Crippen LogP contribution in [0.1, 0.15) is 60.3 Å². The Morgan fingerprint density at radius 3 is 2.28 bits per heavy atom. The molecule has 1 atom stereocenters. The minimum atomic E-state index is -0.429. The van der Waals surface area contributed by atoms with Crippen LogP contribution in [0.5, 0.6) is 0 Å². The summed E-state index contributed by atoms with van der Waals surface area (Å²) in [4.78, 5) is 22.7. The highest BCUT2D eigenvalue weighted by atomic mass is 16.6. The zero-order chi connectivity index (χ0) is 14.2. The summed E-state index contributed by atoms with van der Waals surface area (Å²) in [5.41, 5.74) is -0.429. The summed E-state index contributed by atoms with van der Waals surface area (Å²) in [7, 11) is 0. The fourth-order valence-electron chi connectivity index (χ4n) is 1.60. The lowest BCUT2D eigenvalue weighted by atomic mass is 10.0. The predicted octanol–water partition coefficient (Wildman–Crippen LogP) is 3.09. The normalized spacial score (nSPS) is 12.9. The van der Waals surface area contributed by atoms with Gasteiger partial charge in [0.2, 0.25) is 0 Å². The zero-order valence-corrected chi connectivity index (χ0v) is 12.2. The van der Waals surface area contributed by atoms with E-state index in [0.717, 1.165) is 12.8 Å². The number of rotatable bonds is 7. The Morgan fingerprint density at radius 1 is 1.17 bits per heavy atom. The van der Waals surface area contributed by atoms with Gasteiger partial charge in [-0.1, -0.05) is 6.92 Å². The van der Waals surface area contributed by atoms with E-state index < -0.39 is 5.60 Å². The van der Waals surface area contributed by atoms with Crippen LogP contribution >= 0.6 is 0 Å². The molecule has 18 heavy (non-hydrogen) atoms. The second kappa shape index (κ2) is 8.11. The number of hydrogen-bond donors (Lipinski definition) is 0. The van der Waals surface area contributed by atoms with Crippen LogP contribution in [0.3, 0.4) is 0 Å². The number of carbonyl (C=O) groups excluding carboxylic acids is 2. The van der Waals surface area contributed by atoms with E-state index in [-0.39, 0.29) is 17.9 Å². The summed E-state index contributed by atoms with van der Waals surface area (Å²) in [6, 6.07) is 0. The van der Waals surface area contributed by atoms with Crippen molar-refractivity contribution >= 4 is 11.9 Å². The van der Waals surface area contributed by atoms with Gasteiger partial charge in [0.25, 0.3) is 0 Å². The minimum absolute atomic E-state index is 0.165. The highest BCUT2D eigenvalue weighted by Crippen LogP contribution is 2.16. The number of carbonyl (C=O) groups is 2. The third kappa shape index (κ3) is 10.1. The van der Waals surface area contributed by atoms with Crippen molar-refractivity contribution in [3.8, 4) is 0 Å². The van der Waals surface area contributed by atoms with Crippen molar-refractivity contribution in [1.29, 1.82) is 0 Å². The van der Waals surface area contributed by atoms with Gasteiger partial charge in [0.1, 0.15) is 5.60 Å². The standard InChI is InChI=1S/C14H26O4/c1-6-17-12(15)9-7-8-11(2)10-13(16)18-14(3,4)5/h11H,6-10H2,1-5H3/t11-/m1/s1. The lowest BCUT2D eigenvalue weighted by molar-refractivity contribution is -0.155. The summed E-state index contributed by atoms with van der Waals surface area (Å²) in [5, 5.41) is 0. The Bertz CT molecular complexity index is 265. The molecule has 0 spiro atoms. The molecule has 0 aliphatic rings. The topological polar surface area (TPSA) is 52.6 Å². The van der Waals surface area contributed by atoms with Gasteiger partial charge in [0.05, 0.1) is 6.61 Å². The summed E-state index contributed by atoms with van der Waals surface area (Å²) in [6.07, 6.45) is 2.41. The molecule has 4 nitrogen and oxygen atoms in total. The fraction of sp³-hybridized carbons (Fsp3) is 0.857. The van der Waals surface area contributed by atoms with Crippen LogP contribution in [0, 0.1) is 5.92 Å². The average molecular weight is 258 g/mol. The monoisotopic (exact) mass is 258 g/mol. The van der Waals surface area contributed by atoms with Crippen molar-refractivity contribution in [2.24, 2.45) is 5.92 Å². The molecule has 0 N–H and O–H groups in total. The molecule has 0 saturated carbocycles. The lowest BCUT2D eigenvalue weighted by Crippen LogP contribution is -2.24. The molecule has 0 unspecified atom stereocenters. The van der Waals surface area contributed by atoms with Gasteiger partial charge in [-0.3, -0.25) is 9.59 Å². The van der Waals surface area contributed by atoms with Gasteiger partial charge in [-0.05, 0) is 46.5 Å². The highest BCUT2D eigenvalue weighted by Gasteiger charge is 2.18. The third-order valence-corrected chi connectivity index (χ3v) is 2.32. The van der Waals surface area contributed by atoms with E-state index in [1.165, 1.54) is 0 Å². The molecule has 0 saturated heterocycles. The largest absolute Gasteiger partial charge is 0.466 e. The summed E-state index contributed by atoms with van der Waals surface area (Å²) in [6.45, 7) is 9.79. The van der Waals surface area contributed by atoms with Crippen LogP contribution in [0.2, 0.25) is 0 Å². The minimum Gasteiger partial charge on any atom is -0.466 e. The molecule has 0 amide bonds. The first kappa shape index (κ1) is 16.9. The molecule has 0 aliphatic carbocycles. The van der Waals surface area contributed by atoms with Crippen molar-refractivity contribution in [2.75, 3.05) is 6.61 Å². The van der Waals surface area contributed by atoms with Crippen LogP contribution in [-0.2, 0) is 19.1 Å². The van der Waals surface area contributed by atoms with E-state index in [4.69, 9.17) is 9.47 Å². The quantitative estimate of drug-likeness (QED) is 0.658. The Balaban J connectivity index is 3.74. The SMILES string of the molecule is CCOC(=O)CCC[C@@H](C)CC(=O)OC(C)(C)C. The first-order valence-electron chi connectivity index (χ1n) is 6.62. The van der Waals surface area contributed by atoms with Gasteiger partial charge in [0, 0.05) is 12.8 Å². The molecule has 0 radical (unpaired) electrons. The first-order valence-corrected chi connectivity index (χ1v) is 6.62. The molecular weight excluding hydrogens is 232 g/mol. The van der Waals surface area contributed by atoms with Crippen molar-refractivity contribution in [3.05, 3.63) is 0 Å². The molecule has 4 heteroatoms. The second-order valence-electron chi connectivity index (χ2n) is 5.59. The van der Waals surface area contributed by atoms with Gasteiger partial charge in [-0.2, -0.15) is 0 Å². The van der Waals surface area contributed by atoms with E-state index in [0.29, 0.717) is 19.4 Å². The van der Waals surface area contributed by atoms with Crippen LogP contribution in [0.25, 0.3) is 0 Å². The Kier molecular flexibility index (Phi) is 7.64. The third-order valence-electron chi connectivity index (χ3n) is 2.32. The van der Waals surface area contributed by atoms with Crippen molar-refractivity contribution in [1.82, 2.24) is 0 Å². The molecule has 0 heterocycles. The van der Waals surface area contributed by atoms with Crippen LogP contribution in [0.4, 0.5) is 0 Å². The first-order chi connectivity index (χ1) is 8.24. The van der Waals surface area contributed by atoms with E-state index in [1.807, 2.05) is 27.7 Å². The maximum absolute atomic E-state index is 11.6. The molecule has 0 aliphatic heterocycles. The Labute approximate surface area is 110 Å². The maximum atomic E-state index is 11.6. The molecule has 0 bridgehead atoms. The number of hydrogen-bond acceptors (Lipinski definition) is 4. The van der Waals surface area contributed by atoms with E-state index >= 15 is 0 Å². The molecule has 0 aromatic heterocycles. The molecule has 0 aromatic rings. The molecular formula is C14H26O4. The predicted molar refractivity (Wildman–Crippen MR) is 70.1 cm³/mol. The second-order valence-corrected chi connectivity index (χ2v) is 5.59. The Morgan fingerprint density at radius 2 is 1.78 bits per heavy atom. The molecule has 0 rings (SSSR count). The Hall–Kier alpha value is -1.06. The van der Waals surface area contributed by atoms with E-state index in [9.17, 15) is 9.59 Å². The van der Waals surface area contributed by atoms with Gasteiger partial charge >= 0.3 is 11.9 Å². The summed E-state index contributed by atoms with van der Waals surface area (Å²) in [5.74, 6) is -0.109. The van der Waals surface area contributed by atoms with Crippen LogP contribution in [0.15, 0.2) is 0 Å². The smallest absolute Gasteiger partial charge is 0.306 e. The summed E-state index contributed by atoms with van der Waals surface area (Å²) >= 11 is 0. The fourth-order valence-corrected chi connectivity index (χ4v) is 1.60. The van der Waals surface area contributed by atoms with E-state index in [2.05, 4.69) is 0 Å². The molecule has 106 valence electrons. The van der Waals surface area contributed by atoms with Crippen molar-refractivity contribution < 1.29 is 19.1 Å². The molecule has 0 aromatic carbocycles. The average Bonchev–Trinajstić information content (AvgIpc) is 2.14. The zero-order valence-electron chi connectivity index (χ0n) is 12.2. The van der Waals surface area contributed by atoms with E-state index in [1.54, 1.807) is 6.92 Å². The lowest BCUT2D eigenvalue weighted by Gasteiger charge is -2.20. The molecule has 0 fully saturated rings. The van der Waals surface area contributed by atoms with Crippen molar-refractivity contribution in [2.45, 2.75) is 65.9 Å².